The molecule has 1 aliphatic heterocycles. The topological polar surface area (TPSA) is 33.2 Å². The first-order valence-corrected chi connectivity index (χ1v) is 7.61. The van der Waals surface area contributed by atoms with Crippen molar-refractivity contribution in [3.8, 4) is 0 Å². The second kappa shape index (κ2) is 4.72. The molecule has 1 aromatic rings. The van der Waals surface area contributed by atoms with Crippen LogP contribution < -0.4 is 0 Å². The average Bonchev–Trinajstić information content (AvgIpc) is 2.88. The fraction of sp³-hybridized carbons (Fsp3) is 0.692. The zero-order valence-electron chi connectivity index (χ0n) is 10.8. The second-order valence-corrected chi connectivity index (χ2v) is 6.42. The van der Waals surface area contributed by atoms with Gasteiger partial charge in [0.05, 0.1) is 11.4 Å². The molecule has 1 aromatic heterocycles. The van der Waals surface area contributed by atoms with Gasteiger partial charge in [-0.25, -0.2) is 4.98 Å². The first-order chi connectivity index (χ1) is 9.42. The number of amides is 1. The molecule has 1 saturated heterocycles. The number of hydrogen-bond acceptors (Lipinski definition) is 3. The predicted octanol–water partition coefficient (Wildman–Crippen LogP) is 3.34. The number of halogens is 3. The van der Waals surface area contributed by atoms with Crippen LogP contribution in [0, 0.1) is 11.3 Å². The Labute approximate surface area is 118 Å². The second-order valence-electron chi connectivity index (χ2n) is 5.70. The van der Waals surface area contributed by atoms with Gasteiger partial charge in [-0.2, -0.15) is 13.2 Å². The van der Waals surface area contributed by atoms with E-state index in [-0.39, 0.29) is 25.4 Å². The van der Waals surface area contributed by atoms with Gasteiger partial charge in [0.15, 0.2) is 0 Å². The Hall–Kier alpha value is -1.11. The highest BCUT2D eigenvalue weighted by molar-refractivity contribution is 7.07. The highest BCUT2D eigenvalue weighted by atomic mass is 32.1. The van der Waals surface area contributed by atoms with Crippen LogP contribution in [0.4, 0.5) is 13.2 Å². The first kappa shape index (κ1) is 13.9. The molecule has 1 spiro atoms. The smallest absolute Gasteiger partial charge is 0.337 e. The summed E-state index contributed by atoms with van der Waals surface area (Å²) < 4.78 is 39.4. The fourth-order valence-electron chi connectivity index (χ4n) is 3.46. The lowest BCUT2D eigenvalue weighted by atomic mass is 9.58. The van der Waals surface area contributed by atoms with Gasteiger partial charge in [0.2, 0.25) is 0 Å². The van der Waals surface area contributed by atoms with Gasteiger partial charge >= 0.3 is 6.18 Å². The molecular formula is C13H15F3N2OS. The molecule has 1 amide bonds. The quantitative estimate of drug-likeness (QED) is 0.797. The van der Waals surface area contributed by atoms with Crippen LogP contribution in [0.3, 0.4) is 0 Å². The fourth-order valence-corrected chi connectivity index (χ4v) is 3.99. The minimum Gasteiger partial charge on any atom is -0.337 e. The molecule has 3 nitrogen and oxygen atoms in total. The van der Waals surface area contributed by atoms with Crippen LogP contribution in [0.1, 0.15) is 36.2 Å². The lowest BCUT2D eigenvalue weighted by molar-refractivity contribution is -0.235. The van der Waals surface area contributed by atoms with Gasteiger partial charge in [0.25, 0.3) is 5.91 Å². The number of carbonyl (C=O) groups is 1. The Morgan fingerprint density at radius 2 is 2.20 bits per heavy atom. The number of nitrogens with zero attached hydrogens (tertiary/aromatic N) is 2. The minimum absolute atomic E-state index is 0.0133. The van der Waals surface area contributed by atoms with Gasteiger partial charge in [0, 0.05) is 18.5 Å². The first-order valence-electron chi connectivity index (χ1n) is 6.67. The number of aromatic nitrogens is 1. The molecule has 0 aromatic carbocycles. The SMILES string of the molecule is O=C(c1cscn1)N1CC[C@@H](C(F)(F)F)C2(CCC2)C1. The van der Waals surface area contributed by atoms with E-state index in [4.69, 9.17) is 0 Å². The van der Waals surface area contributed by atoms with E-state index in [1.807, 2.05) is 0 Å². The van der Waals surface area contributed by atoms with Crippen LogP contribution >= 0.6 is 11.3 Å². The third-order valence-corrected chi connectivity index (χ3v) is 5.20. The van der Waals surface area contributed by atoms with E-state index in [1.54, 1.807) is 15.8 Å². The number of rotatable bonds is 1. The average molecular weight is 304 g/mol. The maximum atomic E-state index is 13.1. The van der Waals surface area contributed by atoms with Crippen molar-refractivity contribution in [1.82, 2.24) is 9.88 Å². The Balaban J connectivity index is 1.78. The predicted molar refractivity (Wildman–Crippen MR) is 68.5 cm³/mol. The van der Waals surface area contributed by atoms with Crippen molar-refractivity contribution >= 4 is 17.2 Å². The summed E-state index contributed by atoms with van der Waals surface area (Å²) in [5, 5.41) is 1.64. The van der Waals surface area contributed by atoms with Crippen molar-refractivity contribution in [2.45, 2.75) is 31.9 Å². The number of hydrogen-bond donors (Lipinski definition) is 0. The molecule has 7 heteroatoms. The molecule has 0 radical (unpaired) electrons. The van der Waals surface area contributed by atoms with Crippen LogP contribution in [0.2, 0.25) is 0 Å². The highest BCUT2D eigenvalue weighted by Crippen LogP contribution is 2.56. The zero-order chi connectivity index (χ0) is 14.4. The molecule has 2 aliphatic rings. The molecule has 1 aliphatic carbocycles. The van der Waals surface area contributed by atoms with Crippen LogP contribution in [0.25, 0.3) is 0 Å². The number of alkyl halides is 3. The third kappa shape index (κ3) is 2.21. The van der Waals surface area contributed by atoms with Crippen LogP contribution in [-0.2, 0) is 0 Å². The molecule has 2 fully saturated rings. The minimum atomic E-state index is -4.16. The van der Waals surface area contributed by atoms with E-state index in [0.29, 0.717) is 18.5 Å². The van der Waals surface area contributed by atoms with E-state index >= 15 is 0 Å². The summed E-state index contributed by atoms with van der Waals surface area (Å²) in [6.07, 6.45) is -2.18. The summed E-state index contributed by atoms with van der Waals surface area (Å²) in [7, 11) is 0. The molecule has 1 atom stereocenters. The van der Waals surface area contributed by atoms with Gasteiger partial charge in [-0.15, -0.1) is 11.3 Å². The van der Waals surface area contributed by atoms with E-state index in [1.165, 1.54) is 11.3 Å². The lowest BCUT2D eigenvalue weighted by Gasteiger charge is -2.54. The van der Waals surface area contributed by atoms with Gasteiger partial charge in [-0.3, -0.25) is 4.79 Å². The van der Waals surface area contributed by atoms with Gasteiger partial charge in [-0.1, -0.05) is 6.42 Å². The van der Waals surface area contributed by atoms with E-state index in [9.17, 15) is 18.0 Å². The Morgan fingerprint density at radius 3 is 2.70 bits per heavy atom. The monoisotopic (exact) mass is 304 g/mol. The summed E-state index contributed by atoms with van der Waals surface area (Å²) in [5.74, 6) is -1.50. The number of likely N-dealkylation sites (tertiary alicyclic amines) is 1. The number of thiazole rings is 1. The Kier molecular flexibility index (Phi) is 3.27. The number of piperidine rings is 1. The maximum Gasteiger partial charge on any atom is 0.392 e. The van der Waals surface area contributed by atoms with Crippen LogP contribution in [0.5, 0.6) is 0 Å². The van der Waals surface area contributed by atoms with E-state index in [0.717, 1.165) is 6.42 Å². The molecule has 110 valence electrons. The van der Waals surface area contributed by atoms with Crippen molar-refractivity contribution < 1.29 is 18.0 Å². The van der Waals surface area contributed by atoms with Gasteiger partial charge in [-0.05, 0) is 24.7 Å². The normalized spacial score (nSPS) is 25.6. The highest BCUT2D eigenvalue weighted by Gasteiger charge is 2.58. The summed E-state index contributed by atoms with van der Waals surface area (Å²) in [6.45, 7) is 0.385. The van der Waals surface area contributed by atoms with Gasteiger partial charge < -0.3 is 4.90 Å². The van der Waals surface area contributed by atoms with Gasteiger partial charge in [0.1, 0.15) is 5.69 Å². The van der Waals surface area contributed by atoms with Crippen LogP contribution in [-0.4, -0.2) is 35.1 Å². The van der Waals surface area contributed by atoms with E-state index < -0.39 is 17.5 Å². The van der Waals surface area contributed by atoms with Crippen molar-refractivity contribution in [2.75, 3.05) is 13.1 Å². The number of carbonyl (C=O) groups excluding carboxylic acids is 1. The van der Waals surface area contributed by atoms with Crippen molar-refractivity contribution in [2.24, 2.45) is 11.3 Å². The molecule has 0 unspecified atom stereocenters. The molecule has 0 N–H and O–H groups in total. The van der Waals surface area contributed by atoms with Crippen molar-refractivity contribution in [3.05, 3.63) is 16.6 Å². The molecule has 0 bridgehead atoms. The maximum absolute atomic E-state index is 13.1. The molecule has 20 heavy (non-hydrogen) atoms. The summed E-state index contributed by atoms with van der Waals surface area (Å²) in [5.41, 5.74) is 1.16. The third-order valence-electron chi connectivity index (χ3n) is 4.62. The Bertz CT molecular complexity index is 496. The largest absolute Gasteiger partial charge is 0.392 e. The van der Waals surface area contributed by atoms with Crippen LogP contribution in [0.15, 0.2) is 10.9 Å². The molecule has 1 saturated carbocycles. The summed E-state index contributed by atoms with van der Waals surface area (Å²) in [4.78, 5) is 17.7. The molecule has 2 heterocycles. The molecule has 3 rings (SSSR count). The summed E-state index contributed by atoms with van der Waals surface area (Å²) in [6, 6.07) is 0. The van der Waals surface area contributed by atoms with E-state index in [2.05, 4.69) is 4.98 Å². The van der Waals surface area contributed by atoms with Crippen molar-refractivity contribution in [3.63, 3.8) is 0 Å². The lowest BCUT2D eigenvalue weighted by Crippen LogP contribution is -2.57. The summed E-state index contributed by atoms with van der Waals surface area (Å²) >= 11 is 1.32. The zero-order valence-corrected chi connectivity index (χ0v) is 11.6. The van der Waals surface area contributed by atoms with Crippen molar-refractivity contribution in [1.29, 1.82) is 0 Å². The molecular weight excluding hydrogens is 289 g/mol. The standard InChI is InChI=1S/C13H15F3N2OS/c14-13(15,16)10-2-5-18(7-12(10)3-1-4-12)11(19)9-6-20-8-17-9/h6,8,10H,1-5,7H2/t10-/m1/s1. The Morgan fingerprint density at radius 1 is 1.45 bits per heavy atom.